The van der Waals surface area contributed by atoms with E-state index in [2.05, 4.69) is 20.9 Å². The molecule has 0 aliphatic heterocycles. The van der Waals surface area contributed by atoms with E-state index in [1.807, 2.05) is 14.1 Å². The van der Waals surface area contributed by atoms with E-state index in [1.54, 1.807) is 23.2 Å². The molecule has 0 saturated carbocycles. The molecule has 0 amide bonds. The summed E-state index contributed by atoms with van der Waals surface area (Å²) in [5.41, 5.74) is 0. The SMILES string of the molecule is CN(C)C(=S)Oc1cccnc1Br. The Kier molecular flexibility index (Phi) is 3.62. The fraction of sp³-hybridized carbons (Fsp3) is 0.250. The standard InChI is InChI=1S/C8H9BrN2OS/c1-11(2)8(13)12-6-4-3-5-10-7(6)9/h3-5H,1-2H3. The number of rotatable bonds is 1. The maximum Gasteiger partial charge on any atom is 0.264 e. The summed E-state index contributed by atoms with van der Waals surface area (Å²) in [6.07, 6.45) is 1.68. The molecule has 0 fully saturated rings. The average molecular weight is 261 g/mol. The van der Waals surface area contributed by atoms with Crippen LogP contribution in [0.2, 0.25) is 0 Å². The Labute approximate surface area is 90.8 Å². The van der Waals surface area contributed by atoms with E-state index in [-0.39, 0.29) is 0 Å². The highest BCUT2D eigenvalue weighted by Gasteiger charge is 2.05. The molecular weight excluding hydrogens is 252 g/mol. The molecule has 0 spiro atoms. The minimum atomic E-state index is 0.411. The van der Waals surface area contributed by atoms with Crippen LogP contribution in [0, 0.1) is 0 Å². The van der Waals surface area contributed by atoms with Gasteiger partial charge < -0.3 is 9.64 Å². The van der Waals surface area contributed by atoms with Crippen LogP contribution < -0.4 is 4.74 Å². The van der Waals surface area contributed by atoms with Gasteiger partial charge in [0, 0.05) is 20.3 Å². The molecule has 70 valence electrons. The van der Waals surface area contributed by atoms with Crippen LogP contribution in [-0.2, 0) is 0 Å². The summed E-state index contributed by atoms with van der Waals surface area (Å²) in [7, 11) is 3.65. The Hall–Kier alpha value is -0.680. The molecule has 0 aliphatic rings. The van der Waals surface area contributed by atoms with Gasteiger partial charge >= 0.3 is 0 Å². The number of aromatic nitrogens is 1. The Morgan fingerprint density at radius 1 is 1.62 bits per heavy atom. The van der Waals surface area contributed by atoms with Crippen molar-refractivity contribution >= 4 is 33.3 Å². The van der Waals surface area contributed by atoms with E-state index in [1.165, 1.54) is 0 Å². The molecule has 13 heavy (non-hydrogen) atoms. The van der Waals surface area contributed by atoms with Crippen molar-refractivity contribution in [2.24, 2.45) is 0 Å². The molecule has 0 aromatic carbocycles. The van der Waals surface area contributed by atoms with Crippen molar-refractivity contribution in [2.45, 2.75) is 0 Å². The molecule has 0 unspecified atom stereocenters. The summed E-state index contributed by atoms with van der Waals surface area (Å²) in [6, 6.07) is 3.59. The molecule has 0 N–H and O–H groups in total. The third kappa shape index (κ3) is 2.93. The van der Waals surface area contributed by atoms with Crippen molar-refractivity contribution < 1.29 is 4.74 Å². The Balaban J connectivity index is 2.75. The minimum Gasteiger partial charge on any atom is -0.429 e. The van der Waals surface area contributed by atoms with Crippen molar-refractivity contribution in [3.05, 3.63) is 22.9 Å². The molecule has 0 bridgehead atoms. The molecular formula is C8H9BrN2OS. The van der Waals surface area contributed by atoms with Gasteiger partial charge in [-0.25, -0.2) is 4.98 Å². The van der Waals surface area contributed by atoms with Gasteiger partial charge in [0.25, 0.3) is 5.17 Å². The fourth-order valence-electron chi connectivity index (χ4n) is 0.633. The van der Waals surface area contributed by atoms with Gasteiger partial charge in [-0.1, -0.05) is 0 Å². The van der Waals surface area contributed by atoms with Gasteiger partial charge in [0.15, 0.2) is 5.75 Å². The summed E-state index contributed by atoms with van der Waals surface area (Å²) in [5, 5.41) is 0.411. The Morgan fingerprint density at radius 2 is 2.31 bits per heavy atom. The molecule has 1 aromatic rings. The molecule has 0 aliphatic carbocycles. The summed E-state index contributed by atoms with van der Waals surface area (Å²) < 4.78 is 6.01. The lowest BCUT2D eigenvalue weighted by Gasteiger charge is -2.14. The predicted molar refractivity (Wildman–Crippen MR) is 58.9 cm³/mol. The average Bonchev–Trinajstić information content (AvgIpc) is 2.08. The van der Waals surface area contributed by atoms with Gasteiger partial charge in [-0.05, 0) is 40.3 Å². The summed E-state index contributed by atoms with van der Waals surface area (Å²) in [5.74, 6) is 0.626. The van der Waals surface area contributed by atoms with Crippen molar-refractivity contribution in [1.82, 2.24) is 9.88 Å². The maximum atomic E-state index is 5.35. The molecule has 1 rings (SSSR count). The minimum absolute atomic E-state index is 0.411. The van der Waals surface area contributed by atoms with Crippen LogP contribution in [0.15, 0.2) is 22.9 Å². The lowest BCUT2D eigenvalue weighted by atomic mass is 10.5. The van der Waals surface area contributed by atoms with Gasteiger partial charge in [0.2, 0.25) is 0 Å². The second-order valence-corrected chi connectivity index (χ2v) is 3.66. The van der Waals surface area contributed by atoms with E-state index in [9.17, 15) is 0 Å². The first kappa shape index (κ1) is 10.4. The van der Waals surface area contributed by atoms with Crippen LogP contribution in [0.5, 0.6) is 5.75 Å². The molecule has 0 saturated heterocycles. The number of pyridine rings is 1. The summed E-state index contributed by atoms with van der Waals surface area (Å²) in [4.78, 5) is 5.72. The number of halogens is 1. The lowest BCUT2D eigenvalue weighted by Crippen LogP contribution is -2.25. The van der Waals surface area contributed by atoms with E-state index in [0.717, 1.165) is 0 Å². The lowest BCUT2D eigenvalue weighted by molar-refractivity contribution is 0.446. The number of thiocarbonyl (C=S) groups is 1. The van der Waals surface area contributed by atoms with E-state index in [0.29, 0.717) is 15.5 Å². The first-order chi connectivity index (χ1) is 6.11. The monoisotopic (exact) mass is 260 g/mol. The van der Waals surface area contributed by atoms with Gasteiger partial charge in [0.1, 0.15) is 4.60 Å². The van der Waals surface area contributed by atoms with Crippen LogP contribution in [0.3, 0.4) is 0 Å². The van der Waals surface area contributed by atoms with E-state index in [4.69, 9.17) is 17.0 Å². The third-order valence-corrected chi connectivity index (χ3v) is 2.33. The highest BCUT2D eigenvalue weighted by Crippen LogP contribution is 2.21. The van der Waals surface area contributed by atoms with Crippen LogP contribution in [-0.4, -0.2) is 29.2 Å². The molecule has 1 heterocycles. The van der Waals surface area contributed by atoms with Crippen molar-refractivity contribution in [1.29, 1.82) is 0 Å². The van der Waals surface area contributed by atoms with Crippen LogP contribution >= 0.6 is 28.1 Å². The molecule has 0 atom stereocenters. The second-order valence-electron chi connectivity index (χ2n) is 2.55. The smallest absolute Gasteiger partial charge is 0.264 e. The van der Waals surface area contributed by atoms with Crippen molar-refractivity contribution in [3.8, 4) is 5.75 Å². The van der Waals surface area contributed by atoms with Gasteiger partial charge in [-0.15, -0.1) is 0 Å². The zero-order valence-corrected chi connectivity index (χ0v) is 9.72. The number of ether oxygens (including phenoxy) is 1. The number of hydrogen-bond acceptors (Lipinski definition) is 3. The molecule has 1 aromatic heterocycles. The zero-order chi connectivity index (χ0) is 9.84. The molecule has 0 radical (unpaired) electrons. The third-order valence-electron chi connectivity index (χ3n) is 1.29. The predicted octanol–water partition coefficient (Wildman–Crippen LogP) is 2.07. The van der Waals surface area contributed by atoms with Crippen molar-refractivity contribution in [3.63, 3.8) is 0 Å². The van der Waals surface area contributed by atoms with Crippen LogP contribution in [0.25, 0.3) is 0 Å². The molecule has 3 nitrogen and oxygen atoms in total. The van der Waals surface area contributed by atoms with E-state index >= 15 is 0 Å². The number of hydrogen-bond donors (Lipinski definition) is 0. The molecule has 5 heteroatoms. The first-order valence-electron chi connectivity index (χ1n) is 3.61. The maximum absolute atomic E-state index is 5.35. The first-order valence-corrected chi connectivity index (χ1v) is 4.81. The van der Waals surface area contributed by atoms with Crippen LogP contribution in [0.4, 0.5) is 0 Å². The quantitative estimate of drug-likeness (QED) is 0.571. The topological polar surface area (TPSA) is 25.4 Å². The van der Waals surface area contributed by atoms with Gasteiger partial charge in [-0.2, -0.15) is 0 Å². The summed E-state index contributed by atoms with van der Waals surface area (Å²) >= 11 is 8.23. The van der Waals surface area contributed by atoms with Gasteiger partial charge in [0.05, 0.1) is 0 Å². The second kappa shape index (κ2) is 4.53. The largest absolute Gasteiger partial charge is 0.429 e. The van der Waals surface area contributed by atoms with E-state index < -0.39 is 0 Å². The highest BCUT2D eigenvalue weighted by molar-refractivity contribution is 9.10. The Morgan fingerprint density at radius 3 is 2.85 bits per heavy atom. The van der Waals surface area contributed by atoms with Crippen molar-refractivity contribution in [2.75, 3.05) is 14.1 Å². The van der Waals surface area contributed by atoms with Gasteiger partial charge in [-0.3, -0.25) is 0 Å². The zero-order valence-electron chi connectivity index (χ0n) is 7.32. The highest BCUT2D eigenvalue weighted by atomic mass is 79.9. The fourth-order valence-corrected chi connectivity index (χ4v) is 1.05. The van der Waals surface area contributed by atoms with Crippen LogP contribution in [0.1, 0.15) is 0 Å². The number of nitrogens with zero attached hydrogens (tertiary/aromatic N) is 2. The normalized spacial score (nSPS) is 9.46. The Bertz CT molecular complexity index is 317. The summed E-state index contributed by atoms with van der Waals surface area (Å²) in [6.45, 7) is 0.